The van der Waals surface area contributed by atoms with Gasteiger partial charge in [0.25, 0.3) is 0 Å². The summed E-state index contributed by atoms with van der Waals surface area (Å²) in [6.45, 7) is 2.17. The zero-order chi connectivity index (χ0) is 8.97. The van der Waals surface area contributed by atoms with Crippen LogP contribution in [0.5, 0.6) is 0 Å². The van der Waals surface area contributed by atoms with Gasteiger partial charge in [0.1, 0.15) is 4.34 Å². The summed E-state index contributed by atoms with van der Waals surface area (Å²) in [5.74, 6) is 1.09. The first-order valence-corrected chi connectivity index (χ1v) is 6.24. The predicted molar refractivity (Wildman–Crippen MR) is 57.8 cm³/mol. The zero-order valence-corrected chi connectivity index (χ0v) is 9.79. The molecule has 0 amide bonds. The average molecular weight is 242 g/mol. The standard InChI is InChI=1S/C7H9Cl2NS2/c1-2-3-4-11-7-10-5(8)6(9)12-7/h2-4H2,1H3. The van der Waals surface area contributed by atoms with Crippen LogP contribution in [0.4, 0.5) is 0 Å². The SMILES string of the molecule is CCCCSc1nc(Cl)c(Cl)s1. The van der Waals surface area contributed by atoms with Crippen molar-refractivity contribution in [1.29, 1.82) is 0 Å². The summed E-state index contributed by atoms with van der Waals surface area (Å²) in [6.07, 6.45) is 2.42. The third-order valence-corrected chi connectivity index (χ3v) is 4.22. The van der Waals surface area contributed by atoms with Crippen molar-refractivity contribution in [3.8, 4) is 0 Å². The van der Waals surface area contributed by atoms with Crippen molar-refractivity contribution in [3.63, 3.8) is 0 Å². The van der Waals surface area contributed by atoms with E-state index < -0.39 is 0 Å². The maximum Gasteiger partial charge on any atom is 0.160 e. The number of thioether (sulfide) groups is 1. The third-order valence-electron chi connectivity index (χ3n) is 1.25. The molecule has 0 unspecified atom stereocenters. The molecule has 0 saturated carbocycles. The molecular formula is C7H9Cl2NS2. The van der Waals surface area contributed by atoms with Crippen molar-refractivity contribution in [2.75, 3.05) is 5.75 Å². The normalized spacial score (nSPS) is 10.6. The van der Waals surface area contributed by atoms with Crippen LogP contribution in [0.25, 0.3) is 0 Å². The summed E-state index contributed by atoms with van der Waals surface area (Å²) < 4.78 is 1.56. The average Bonchev–Trinajstić information content (AvgIpc) is 2.32. The van der Waals surface area contributed by atoms with E-state index in [4.69, 9.17) is 23.2 Å². The molecule has 0 radical (unpaired) electrons. The fraction of sp³-hybridized carbons (Fsp3) is 0.571. The van der Waals surface area contributed by atoms with Crippen LogP contribution in [0.3, 0.4) is 0 Å². The van der Waals surface area contributed by atoms with Gasteiger partial charge in [-0.15, -0.1) is 0 Å². The Kier molecular flexibility index (Phi) is 4.72. The van der Waals surface area contributed by atoms with Crippen LogP contribution in [0.15, 0.2) is 4.34 Å². The van der Waals surface area contributed by atoms with Gasteiger partial charge >= 0.3 is 0 Å². The van der Waals surface area contributed by atoms with Gasteiger partial charge in [0.05, 0.1) is 0 Å². The van der Waals surface area contributed by atoms with Crippen molar-refractivity contribution in [2.45, 2.75) is 24.1 Å². The van der Waals surface area contributed by atoms with Crippen LogP contribution in [0, 0.1) is 0 Å². The molecule has 0 atom stereocenters. The maximum absolute atomic E-state index is 5.75. The van der Waals surface area contributed by atoms with Gasteiger partial charge in [-0.25, -0.2) is 4.98 Å². The van der Waals surface area contributed by atoms with Gasteiger partial charge in [-0.05, 0) is 6.42 Å². The summed E-state index contributed by atoms with van der Waals surface area (Å²) in [5, 5.41) is 0.431. The van der Waals surface area contributed by atoms with Crippen molar-refractivity contribution in [3.05, 3.63) is 9.49 Å². The number of aromatic nitrogens is 1. The Hall–Kier alpha value is 0.560. The predicted octanol–water partition coefficient (Wildman–Crippen LogP) is 4.34. The summed E-state index contributed by atoms with van der Waals surface area (Å²) >= 11 is 14.6. The van der Waals surface area contributed by atoms with Crippen molar-refractivity contribution >= 4 is 46.3 Å². The molecule has 12 heavy (non-hydrogen) atoms. The van der Waals surface area contributed by atoms with Crippen molar-refractivity contribution < 1.29 is 0 Å². The Morgan fingerprint density at radius 3 is 2.75 bits per heavy atom. The molecular weight excluding hydrogens is 233 g/mol. The largest absolute Gasteiger partial charge is 0.216 e. The van der Waals surface area contributed by atoms with Crippen LogP contribution in [-0.4, -0.2) is 10.7 Å². The van der Waals surface area contributed by atoms with E-state index in [0.29, 0.717) is 9.49 Å². The van der Waals surface area contributed by atoms with Gasteiger partial charge in [0.2, 0.25) is 0 Å². The Bertz CT molecular complexity index is 230. The molecule has 0 aliphatic heterocycles. The van der Waals surface area contributed by atoms with Gasteiger partial charge in [0.15, 0.2) is 9.49 Å². The first kappa shape index (κ1) is 10.6. The van der Waals surface area contributed by atoms with Crippen LogP contribution in [-0.2, 0) is 0 Å². The highest BCUT2D eigenvalue weighted by molar-refractivity contribution is 8.01. The number of nitrogens with zero attached hydrogens (tertiary/aromatic N) is 1. The van der Waals surface area contributed by atoms with E-state index in [-0.39, 0.29) is 0 Å². The molecule has 1 aromatic rings. The third kappa shape index (κ3) is 3.13. The number of halogens is 2. The molecule has 68 valence electrons. The lowest BCUT2D eigenvalue weighted by molar-refractivity contribution is 0.896. The Morgan fingerprint density at radius 2 is 2.25 bits per heavy atom. The van der Waals surface area contributed by atoms with Gasteiger partial charge in [-0.2, -0.15) is 0 Å². The Balaban J connectivity index is 2.42. The molecule has 0 N–H and O–H groups in total. The van der Waals surface area contributed by atoms with E-state index in [2.05, 4.69) is 11.9 Å². The summed E-state index contributed by atoms with van der Waals surface area (Å²) in [5.41, 5.74) is 0. The molecule has 0 spiro atoms. The summed E-state index contributed by atoms with van der Waals surface area (Å²) in [4.78, 5) is 4.10. The fourth-order valence-electron chi connectivity index (χ4n) is 0.631. The zero-order valence-electron chi connectivity index (χ0n) is 6.64. The van der Waals surface area contributed by atoms with Gasteiger partial charge < -0.3 is 0 Å². The first-order valence-electron chi connectivity index (χ1n) is 3.68. The van der Waals surface area contributed by atoms with Gasteiger partial charge in [-0.3, -0.25) is 0 Å². The van der Waals surface area contributed by atoms with Crippen LogP contribution in [0.1, 0.15) is 19.8 Å². The monoisotopic (exact) mass is 241 g/mol. The van der Waals surface area contributed by atoms with E-state index in [9.17, 15) is 0 Å². The molecule has 0 aliphatic carbocycles. The second kappa shape index (κ2) is 5.32. The highest BCUT2D eigenvalue weighted by Crippen LogP contribution is 2.34. The summed E-state index contributed by atoms with van der Waals surface area (Å²) in [7, 11) is 0. The minimum atomic E-state index is 0.431. The molecule has 1 rings (SSSR count). The topological polar surface area (TPSA) is 12.9 Å². The second-order valence-electron chi connectivity index (χ2n) is 2.25. The molecule has 0 aliphatic rings. The van der Waals surface area contributed by atoms with Crippen LogP contribution in [0.2, 0.25) is 9.49 Å². The number of rotatable bonds is 4. The first-order chi connectivity index (χ1) is 5.74. The van der Waals surface area contributed by atoms with Crippen molar-refractivity contribution in [2.24, 2.45) is 0 Å². The lowest BCUT2D eigenvalue weighted by atomic mass is 10.4. The molecule has 0 fully saturated rings. The van der Waals surface area contributed by atoms with Gasteiger partial charge in [0, 0.05) is 5.75 Å². The summed E-state index contributed by atoms with van der Waals surface area (Å²) in [6, 6.07) is 0. The Morgan fingerprint density at radius 1 is 1.50 bits per heavy atom. The van der Waals surface area contributed by atoms with E-state index in [1.807, 2.05) is 0 Å². The smallest absolute Gasteiger partial charge is 0.160 e. The minimum absolute atomic E-state index is 0.431. The van der Waals surface area contributed by atoms with E-state index >= 15 is 0 Å². The lowest BCUT2D eigenvalue weighted by Gasteiger charge is -1.92. The molecule has 0 aromatic carbocycles. The van der Waals surface area contributed by atoms with Crippen LogP contribution < -0.4 is 0 Å². The molecule has 1 heterocycles. The number of hydrogen-bond acceptors (Lipinski definition) is 3. The number of thiazole rings is 1. The van der Waals surface area contributed by atoms with E-state index in [0.717, 1.165) is 10.1 Å². The molecule has 5 heteroatoms. The molecule has 0 saturated heterocycles. The highest BCUT2D eigenvalue weighted by atomic mass is 35.5. The van der Waals surface area contributed by atoms with Crippen molar-refractivity contribution in [1.82, 2.24) is 4.98 Å². The van der Waals surface area contributed by atoms with Crippen LogP contribution >= 0.6 is 46.3 Å². The lowest BCUT2D eigenvalue weighted by Crippen LogP contribution is -1.76. The number of hydrogen-bond donors (Lipinski definition) is 0. The molecule has 0 bridgehead atoms. The molecule has 1 nitrogen and oxygen atoms in total. The minimum Gasteiger partial charge on any atom is -0.216 e. The highest BCUT2D eigenvalue weighted by Gasteiger charge is 2.06. The Labute approximate surface area is 90.5 Å². The van der Waals surface area contributed by atoms with E-state index in [1.54, 1.807) is 11.8 Å². The molecule has 1 aromatic heterocycles. The fourth-order valence-corrected chi connectivity index (χ4v) is 3.25. The number of unbranched alkanes of at least 4 members (excludes halogenated alkanes) is 1. The maximum atomic E-state index is 5.75. The second-order valence-corrected chi connectivity index (χ2v) is 5.55. The van der Waals surface area contributed by atoms with E-state index in [1.165, 1.54) is 24.2 Å². The quantitative estimate of drug-likeness (QED) is 0.575. The van der Waals surface area contributed by atoms with Gasteiger partial charge in [-0.1, -0.05) is 59.6 Å².